The smallest absolute Gasteiger partial charge is 0.0208 e. The van der Waals surface area contributed by atoms with E-state index in [-0.39, 0.29) is 0 Å². The standard InChI is InChI=1S/C16H25NS/c1-13(15-6-4-3-5-7-15)17-12-14-8-10-16(18-2)11-9-14/h8-11,13,15,17H,3-7,12H2,1-2H3. The van der Waals surface area contributed by atoms with Crippen molar-refractivity contribution in [1.29, 1.82) is 0 Å². The molecular formula is C16H25NS. The Morgan fingerprint density at radius 3 is 2.44 bits per heavy atom. The van der Waals surface area contributed by atoms with Gasteiger partial charge in [0, 0.05) is 17.5 Å². The second-order valence-corrected chi connectivity index (χ2v) is 6.30. The molecule has 1 unspecified atom stereocenters. The Bertz CT molecular complexity index is 341. The summed E-state index contributed by atoms with van der Waals surface area (Å²) in [4.78, 5) is 1.35. The maximum atomic E-state index is 3.70. The van der Waals surface area contributed by atoms with E-state index in [0.29, 0.717) is 6.04 Å². The zero-order valence-corrected chi connectivity index (χ0v) is 12.4. The summed E-state index contributed by atoms with van der Waals surface area (Å²) in [6.45, 7) is 3.36. The third-order valence-corrected chi connectivity index (χ3v) is 4.89. The first kappa shape index (κ1) is 14.0. The lowest BCUT2D eigenvalue weighted by Crippen LogP contribution is -2.34. The molecule has 1 N–H and O–H groups in total. The number of hydrogen-bond acceptors (Lipinski definition) is 2. The molecule has 1 nitrogen and oxygen atoms in total. The van der Waals surface area contributed by atoms with Gasteiger partial charge in [0.25, 0.3) is 0 Å². The third kappa shape index (κ3) is 4.03. The van der Waals surface area contributed by atoms with Crippen LogP contribution in [0.15, 0.2) is 29.2 Å². The van der Waals surface area contributed by atoms with Crippen molar-refractivity contribution in [3.8, 4) is 0 Å². The van der Waals surface area contributed by atoms with Crippen molar-refractivity contribution in [1.82, 2.24) is 5.32 Å². The maximum Gasteiger partial charge on any atom is 0.0208 e. The van der Waals surface area contributed by atoms with Crippen LogP contribution < -0.4 is 5.32 Å². The summed E-state index contributed by atoms with van der Waals surface area (Å²) in [5.74, 6) is 0.893. The highest BCUT2D eigenvalue weighted by Crippen LogP contribution is 2.26. The molecule has 0 saturated heterocycles. The van der Waals surface area contributed by atoms with E-state index >= 15 is 0 Å². The topological polar surface area (TPSA) is 12.0 Å². The largest absolute Gasteiger partial charge is 0.310 e. The number of nitrogens with one attached hydrogen (secondary N) is 1. The van der Waals surface area contributed by atoms with Crippen LogP contribution in [-0.4, -0.2) is 12.3 Å². The zero-order valence-electron chi connectivity index (χ0n) is 11.6. The van der Waals surface area contributed by atoms with Gasteiger partial charge in [0.2, 0.25) is 0 Å². The van der Waals surface area contributed by atoms with Gasteiger partial charge in [0.05, 0.1) is 0 Å². The van der Waals surface area contributed by atoms with Gasteiger partial charge in [-0.05, 0) is 49.6 Å². The Kier molecular flexibility index (Phi) is 5.58. The minimum absolute atomic E-state index is 0.658. The van der Waals surface area contributed by atoms with Gasteiger partial charge < -0.3 is 5.32 Å². The maximum absolute atomic E-state index is 3.70. The summed E-state index contributed by atoms with van der Waals surface area (Å²) >= 11 is 1.80. The molecule has 0 spiro atoms. The quantitative estimate of drug-likeness (QED) is 0.787. The molecule has 0 aliphatic heterocycles. The second kappa shape index (κ2) is 7.20. The first-order chi connectivity index (χ1) is 8.79. The predicted molar refractivity (Wildman–Crippen MR) is 81.1 cm³/mol. The summed E-state index contributed by atoms with van der Waals surface area (Å²) in [6, 6.07) is 9.57. The van der Waals surface area contributed by atoms with Crippen LogP contribution in [0.3, 0.4) is 0 Å². The third-order valence-electron chi connectivity index (χ3n) is 4.14. The molecule has 1 fully saturated rings. The van der Waals surface area contributed by atoms with Crippen molar-refractivity contribution in [2.24, 2.45) is 5.92 Å². The van der Waals surface area contributed by atoms with Gasteiger partial charge in [-0.1, -0.05) is 31.4 Å². The average molecular weight is 263 g/mol. The first-order valence-electron chi connectivity index (χ1n) is 7.16. The molecule has 18 heavy (non-hydrogen) atoms. The molecule has 0 aromatic heterocycles. The van der Waals surface area contributed by atoms with Gasteiger partial charge in [-0.25, -0.2) is 0 Å². The summed E-state index contributed by atoms with van der Waals surface area (Å²) in [6.07, 6.45) is 9.26. The van der Waals surface area contributed by atoms with E-state index in [4.69, 9.17) is 0 Å². The Morgan fingerprint density at radius 1 is 1.17 bits per heavy atom. The highest BCUT2D eigenvalue weighted by atomic mass is 32.2. The van der Waals surface area contributed by atoms with Gasteiger partial charge >= 0.3 is 0 Å². The normalized spacial score (nSPS) is 18.8. The van der Waals surface area contributed by atoms with Crippen LogP contribution in [0.25, 0.3) is 0 Å². The fourth-order valence-corrected chi connectivity index (χ4v) is 3.23. The summed E-state index contributed by atoms with van der Waals surface area (Å²) < 4.78 is 0. The fraction of sp³-hybridized carbons (Fsp3) is 0.625. The van der Waals surface area contributed by atoms with E-state index in [1.165, 1.54) is 42.6 Å². The van der Waals surface area contributed by atoms with Crippen LogP contribution in [0.1, 0.15) is 44.6 Å². The predicted octanol–water partition coefficient (Wildman–Crippen LogP) is 4.47. The second-order valence-electron chi connectivity index (χ2n) is 5.42. The van der Waals surface area contributed by atoms with Crippen LogP contribution in [0, 0.1) is 5.92 Å². The Balaban J connectivity index is 1.78. The van der Waals surface area contributed by atoms with E-state index in [0.717, 1.165) is 12.5 Å². The van der Waals surface area contributed by atoms with Crippen molar-refractivity contribution >= 4 is 11.8 Å². The number of benzene rings is 1. The highest BCUT2D eigenvalue weighted by molar-refractivity contribution is 7.98. The molecule has 1 aromatic carbocycles. The molecule has 2 heteroatoms. The van der Waals surface area contributed by atoms with Crippen LogP contribution in [0.4, 0.5) is 0 Å². The SMILES string of the molecule is CSc1ccc(CNC(C)C2CCCCC2)cc1. The van der Waals surface area contributed by atoms with Crippen molar-refractivity contribution in [2.75, 3.05) is 6.26 Å². The minimum Gasteiger partial charge on any atom is -0.310 e. The van der Waals surface area contributed by atoms with Gasteiger partial charge in [-0.2, -0.15) is 0 Å². The lowest BCUT2D eigenvalue weighted by Gasteiger charge is -2.28. The van der Waals surface area contributed by atoms with Crippen molar-refractivity contribution in [2.45, 2.75) is 56.5 Å². The van der Waals surface area contributed by atoms with E-state index < -0.39 is 0 Å². The molecule has 1 aliphatic rings. The fourth-order valence-electron chi connectivity index (χ4n) is 2.82. The van der Waals surface area contributed by atoms with Crippen LogP contribution in [0.2, 0.25) is 0 Å². The molecule has 1 atom stereocenters. The lowest BCUT2D eigenvalue weighted by molar-refractivity contribution is 0.280. The number of hydrogen-bond donors (Lipinski definition) is 1. The average Bonchev–Trinajstić information content (AvgIpc) is 2.46. The molecular weight excluding hydrogens is 238 g/mol. The van der Waals surface area contributed by atoms with Gasteiger partial charge in [0.1, 0.15) is 0 Å². The van der Waals surface area contributed by atoms with Gasteiger partial charge in [-0.15, -0.1) is 11.8 Å². The molecule has 0 amide bonds. The molecule has 0 heterocycles. The van der Waals surface area contributed by atoms with E-state index in [2.05, 4.69) is 42.8 Å². The van der Waals surface area contributed by atoms with Crippen LogP contribution >= 0.6 is 11.8 Å². The van der Waals surface area contributed by atoms with Crippen LogP contribution in [-0.2, 0) is 6.54 Å². The van der Waals surface area contributed by atoms with E-state index in [9.17, 15) is 0 Å². The molecule has 1 aliphatic carbocycles. The highest BCUT2D eigenvalue weighted by Gasteiger charge is 2.19. The molecule has 1 saturated carbocycles. The Labute approximate surface area is 116 Å². The summed E-state index contributed by atoms with van der Waals surface area (Å²) in [7, 11) is 0. The summed E-state index contributed by atoms with van der Waals surface area (Å²) in [5.41, 5.74) is 1.40. The van der Waals surface area contributed by atoms with Crippen LogP contribution in [0.5, 0.6) is 0 Å². The molecule has 100 valence electrons. The van der Waals surface area contributed by atoms with Crippen molar-refractivity contribution < 1.29 is 0 Å². The van der Waals surface area contributed by atoms with Crippen molar-refractivity contribution in [3.63, 3.8) is 0 Å². The molecule has 2 rings (SSSR count). The monoisotopic (exact) mass is 263 g/mol. The molecule has 1 aromatic rings. The Hall–Kier alpha value is -0.470. The van der Waals surface area contributed by atoms with E-state index in [1.807, 2.05) is 0 Å². The lowest BCUT2D eigenvalue weighted by atomic mass is 9.84. The number of rotatable bonds is 5. The van der Waals surface area contributed by atoms with Crippen molar-refractivity contribution in [3.05, 3.63) is 29.8 Å². The number of thioether (sulfide) groups is 1. The van der Waals surface area contributed by atoms with Gasteiger partial charge in [-0.3, -0.25) is 0 Å². The Morgan fingerprint density at radius 2 is 1.83 bits per heavy atom. The molecule has 0 radical (unpaired) electrons. The summed E-state index contributed by atoms with van der Waals surface area (Å²) in [5, 5.41) is 3.70. The van der Waals surface area contributed by atoms with E-state index in [1.54, 1.807) is 11.8 Å². The van der Waals surface area contributed by atoms with Gasteiger partial charge in [0.15, 0.2) is 0 Å². The molecule has 0 bridgehead atoms. The zero-order chi connectivity index (χ0) is 12.8. The first-order valence-corrected chi connectivity index (χ1v) is 8.38. The minimum atomic E-state index is 0.658.